The highest BCUT2D eigenvalue weighted by Crippen LogP contribution is 2.38. The number of nitrogens with zero attached hydrogens (tertiary/aromatic N) is 5. The highest BCUT2D eigenvalue weighted by molar-refractivity contribution is 5.80. The summed E-state index contributed by atoms with van der Waals surface area (Å²) in [6.07, 6.45) is -13.9. The number of benzene rings is 2. The number of hydrogen-bond acceptors (Lipinski definition) is 5. The van der Waals surface area contributed by atoms with E-state index in [1.807, 2.05) is 4.90 Å². The molecule has 3 N–H and O–H groups in total. The maximum absolute atomic E-state index is 13.8. The van der Waals surface area contributed by atoms with Crippen molar-refractivity contribution in [2.24, 2.45) is 21.2 Å². The molecule has 0 amide bonds. The van der Waals surface area contributed by atoms with Crippen LogP contribution in [0.4, 0.5) is 39.5 Å². The Morgan fingerprint density at radius 1 is 0.889 bits per heavy atom. The molecule has 2 rings (SSSR count). The molecule has 1 unspecified atom stereocenters. The molecule has 0 bridgehead atoms. The Morgan fingerprint density at radius 3 is 1.93 bits per heavy atom. The van der Waals surface area contributed by atoms with Crippen LogP contribution in [-0.4, -0.2) is 47.5 Å². The quantitative estimate of drug-likeness (QED) is 0.0464. The fraction of sp³-hybridized carbons (Fsp3) is 0.500. The first-order valence-corrected chi connectivity index (χ1v) is 13.5. The lowest BCUT2D eigenvalue weighted by molar-refractivity contribution is -0.143. The number of unbranched alkanes of at least 4 members (excludes halogenated alkanes) is 1. The van der Waals surface area contributed by atoms with E-state index in [0.717, 1.165) is 17.0 Å². The zero-order chi connectivity index (χ0) is 34.2. The van der Waals surface area contributed by atoms with Gasteiger partial charge in [-0.3, -0.25) is 9.69 Å². The fourth-order valence-corrected chi connectivity index (χ4v) is 4.80. The molecule has 250 valence electrons. The first kappa shape index (κ1) is 37.3. The van der Waals surface area contributed by atoms with E-state index in [0.29, 0.717) is 43.5 Å². The summed E-state index contributed by atoms with van der Waals surface area (Å²) in [6.45, 7) is 0.950. The zero-order valence-corrected chi connectivity index (χ0v) is 24.6. The average Bonchev–Trinajstić information content (AvgIpc) is 2.93. The van der Waals surface area contributed by atoms with Crippen molar-refractivity contribution < 1.29 is 49.4 Å². The van der Waals surface area contributed by atoms with E-state index in [1.54, 1.807) is 14.0 Å². The van der Waals surface area contributed by atoms with Gasteiger partial charge in [0.25, 0.3) is 5.96 Å². The van der Waals surface area contributed by atoms with Gasteiger partial charge < -0.3 is 15.8 Å². The predicted molar refractivity (Wildman–Crippen MR) is 147 cm³/mol. The van der Waals surface area contributed by atoms with E-state index in [9.17, 15) is 44.3 Å². The van der Waals surface area contributed by atoms with Gasteiger partial charge in [-0.15, -0.1) is 10.2 Å². The van der Waals surface area contributed by atoms with Crippen LogP contribution in [0.5, 0.6) is 0 Å². The molecule has 0 spiro atoms. The highest BCUT2D eigenvalue weighted by atomic mass is 19.4. The van der Waals surface area contributed by atoms with Gasteiger partial charge in [0.1, 0.15) is 0 Å². The third kappa shape index (κ3) is 10.9. The summed E-state index contributed by atoms with van der Waals surface area (Å²) in [6, 6.07) is 3.42. The minimum atomic E-state index is -5.13. The van der Waals surface area contributed by atoms with Crippen molar-refractivity contribution in [2.45, 2.75) is 70.3 Å². The lowest BCUT2D eigenvalue weighted by Gasteiger charge is -2.31. The SMILES string of the molecule is CCC(c1ccc(C(F)(F)F)cc1CN(Cc1cc(C(F)(F)F)cc(C(F)(F)F)c1)C(N=NC)=NN)N(C)CCCCC(=O)O. The van der Waals surface area contributed by atoms with Gasteiger partial charge in [-0.05, 0) is 79.9 Å². The smallest absolute Gasteiger partial charge is 0.416 e. The maximum atomic E-state index is 13.8. The third-order valence-electron chi connectivity index (χ3n) is 6.87. The second-order valence-corrected chi connectivity index (χ2v) is 10.2. The van der Waals surface area contributed by atoms with E-state index < -0.39 is 71.8 Å². The molecule has 8 nitrogen and oxygen atoms in total. The van der Waals surface area contributed by atoms with Crippen molar-refractivity contribution in [3.63, 3.8) is 0 Å². The van der Waals surface area contributed by atoms with E-state index >= 15 is 0 Å². The molecule has 1 atom stereocenters. The normalized spacial score (nSPS) is 13.9. The number of carbonyl (C=O) groups is 1. The Kier molecular flexibility index (Phi) is 12.8. The number of alkyl halides is 9. The van der Waals surface area contributed by atoms with Gasteiger partial charge in [-0.1, -0.05) is 13.0 Å². The number of azo groups is 1. The average molecular weight is 657 g/mol. The van der Waals surface area contributed by atoms with Gasteiger partial charge in [-0.25, -0.2) is 0 Å². The monoisotopic (exact) mass is 656 g/mol. The van der Waals surface area contributed by atoms with Crippen LogP contribution >= 0.6 is 0 Å². The van der Waals surface area contributed by atoms with Gasteiger partial charge in [-0.2, -0.15) is 44.6 Å². The van der Waals surface area contributed by atoms with Gasteiger partial charge in [0, 0.05) is 32.6 Å². The predicted octanol–water partition coefficient (Wildman–Crippen LogP) is 7.69. The molecule has 45 heavy (non-hydrogen) atoms. The van der Waals surface area contributed by atoms with Crippen LogP contribution in [0.1, 0.15) is 72.0 Å². The molecule has 0 aliphatic heterocycles. The minimum Gasteiger partial charge on any atom is -0.481 e. The van der Waals surface area contributed by atoms with Crippen LogP contribution in [0.3, 0.4) is 0 Å². The van der Waals surface area contributed by atoms with Crippen molar-refractivity contribution in [1.82, 2.24) is 9.80 Å². The summed E-state index contributed by atoms with van der Waals surface area (Å²) in [5.41, 5.74) is -4.26. The molecular formula is C28H33F9N6O2. The molecule has 2 aromatic rings. The fourth-order valence-electron chi connectivity index (χ4n) is 4.80. The van der Waals surface area contributed by atoms with Crippen LogP contribution in [0, 0.1) is 0 Å². The summed E-state index contributed by atoms with van der Waals surface area (Å²) in [4.78, 5) is 13.7. The van der Waals surface area contributed by atoms with Gasteiger partial charge in [0.15, 0.2) is 0 Å². The van der Waals surface area contributed by atoms with Crippen LogP contribution in [0.25, 0.3) is 0 Å². The van der Waals surface area contributed by atoms with Gasteiger partial charge in [0.2, 0.25) is 0 Å². The number of guanidine groups is 1. The highest BCUT2D eigenvalue weighted by Gasteiger charge is 2.37. The first-order valence-electron chi connectivity index (χ1n) is 13.5. The van der Waals surface area contributed by atoms with Crippen molar-refractivity contribution in [2.75, 3.05) is 20.6 Å². The van der Waals surface area contributed by atoms with Crippen LogP contribution < -0.4 is 5.84 Å². The van der Waals surface area contributed by atoms with Gasteiger partial charge >= 0.3 is 24.5 Å². The summed E-state index contributed by atoms with van der Waals surface area (Å²) in [5, 5.41) is 19.5. The van der Waals surface area contributed by atoms with Crippen LogP contribution in [0.2, 0.25) is 0 Å². The maximum Gasteiger partial charge on any atom is 0.416 e. The standard InChI is InChI=1S/C28H33F9N6O2/c1-4-23(42(3)10-6-5-7-24(44)45)22-9-8-19(26(29,30)31)13-18(22)16-43(25(40-38)41-39-2)15-17-11-20(27(32,33)34)14-21(12-17)28(35,36)37/h8-9,11-14,23H,4-7,10,15-16,38H2,1-3H3,(H,44,45). The zero-order valence-electron chi connectivity index (χ0n) is 24.6. The number of rotatable bonds is 12. The minimum absolute atomic E-state index is 0.0320. The van der Waals surface area contributed by atoms with Crippen molar-refractivity contribution in [3.05, 3.63) is 69.8 Å². The molecule has 0 saturated carbocycles. The number of aliphatic carboxylic acids is 1. The van der Waals surface area contributed by atoms with Crippen LogP contribution in [-0.2, 0) is 36.4 Å². The summed E-state index contributed by atoms with van der Waals surface area (Å²) < 4.78 is 123. The molecular weight excluding hydrogens is 623 g/mol. The Bertz CT molecular complexity index is 1330. The van der Waals surface area contributed by atoms with Crippen molar-refractivity contribution in [1.29, 1.82) is 0 Å². The molecule has 2 aromatic carbocycles. The number of halogens is 9. The Labute approximate surface area is 253 Å². The Hall–Kier alpha value is -3.89. The van der Waals surface area contributed by atoms with Crippen molar-refractivity contribution >= 4 is 11.9 Å². The molecule has 0 radical (unpaired) electrons. The molecule has 0 aromatic heterocycles. The summed E-state index contributed by atoms with van der Waals surface area (Å²) in [7, 11) is 2.89. The van der Waals surface area contributed by atoms with Crippen LogP contribution in [0.15, 0.2) is 51.7 Å². The van der Waals surface area contributed by atoms with E-state index in [1.165, 1.54) is 13.1 Å². The number of carboxylic acid groups (broad SMARTS) is 1. The van der Waals surface area contributed by atoms with E-state index in [2.05, 4.69) is 15.3 Å². The largest absolute Gasteiger partial charge is 0.481 e. The summed E-state index contributed by atoms with van der Waals surface area (Å²) >= 11 is 0. The molecule has 0 fully saturated rings. The second kappa shape index (κ2) is 15.4. The van der Waals surface area contributed by atoms with E-state index in [4.69, 9.17) is 10.9 Å². The number of hydrazone groups is 1. The second-order valence-electron chi connectivity index (χ2n) is 10.2. The number of hydrogen-bond donors (Lipinski definition) is 2. The topological polar surface area (TPSA) is 107 Å². The number of nitrogens with two attached hydrogens (primary N) is 1. The lowest BCUT2D eigenvalue weighted by Crippen LogP contribution is -2.32. The third-order valence-corrected chi connectivity index (χ3v) is 6.87. The molecule has 0 saturated heterocycles. The summed E-state index contributed by atoms with van der Waals surface area (Å²) in [5.74, 6) is 4.00. The number of carboxylic acids is 1. The lowest BCUT2D eigenvalue weighted by atomic mass is 9.94. The molecule has 0 aliphatic rings. The molecule has 0 heterocycles. The first-order chi connectivity index (χ1) is 20.8. The Balaban J connectivity index is 2.66. The molecule has 0 aliphatic carbocycles. The van der Waals surface area contributed by atoms with Crippen molar-refractivity contribution in [3.8, 4) is 0 Å². The van der Waals surface area contributed by atoms with E-state index in [-0.39, 0.29) is 18.1 Å². The molecule has 17 heteroatoms. The Morgan fingerprint density at radius 2 is 1.47 bits per heavy atom. The van der Waals surface area contributed by atoms with Gasteiger partial charge in [0.05, 0.1) is 16.7 Å².